The van der Waals surface area contributed by atoms with Gasteiger partial charge in [-0.15, -0.1) is 5.10 Å². The molecular weight excluding hydrogens is 368 g/mol. The maximum absolute atomic E-state index is 12.3. The van der Waals surface area contributed by atoms with Crippen molar-refractivity contribution in [3.8, 4) is 0 Å². The Hall–Kier alpha value is -3.39. The number of hydrogen-bond donors (Lipinski definition) is 3. The molecule has 9 heteroatoms. The van der Waals surface area contributed by atoms with Gasteiger partial charge in [-0.1, -0.05) is 35.0 Å². The van der Waals surface area contributed by atoms with Crippen LogP contribution in [-0.4, -0.2) is 26.8 Å². The number of rotatable bonds is 5. The Morgan fingerprint density at radius 2 is 1.81 bits per heavy atom. The number of para-hydroxylation sites is 1. The molecule has 0 aliphatic rings. The smallest absolute Gasteiger partial charge is 0.280 e. The van der Waals surface area contributed by atoms with Crippen molar-refractivity contribution in [1.29, 1.82) is 0 Å². The zero-order valence-corrected chi connectivity index (χ0v) is 15.2. The van der Waals surface area contributed by atoms with Gasteiger partial charge in [-0.05, 0) is 42.8 Å². The molecule has 0 fully saturated rings. The third-order valence-electron chi connectivity index (χ3n) is 3.80. The molecule has 0 spiro atoms. The van der Waals surface area contributed by atoms with E-state index in [1.807, 2.05) is 25.1 Å². The minimum Gasteiger partial charge on any atom is -0.382 e. The third-order valence-corrected chi connectivity index (χ3v) is 4.06. The number of anilines is 3. The molecule has 0 saturated carbocycles. The molecule has 3 aromatic rings. The normalized spacial score (nSPS) is 10.4. The molecule has 0 radical (unpaired) electrons. The molecule has 1 heterocycles. The van der Waals surface area contributed by atoms with Crippen LogP contribution >= 0.6 is 11.6 Å². The Bertz CT molecular complexity index is 984. The molecule has 0 saturated heterocycles. The number of aryl methyl sites for hydroxylation is 1. The zero-order chi connectivity index (χ0) is 19.4. The van der Waals surface area contributed by atoms with Crippen molar-refractivity contribution in [2.75, 3.05) is 16.4 Å². The second-order valence-corrected chi connectivity index (χ2v) is 6.24. The summed E-state index contributed by atoms with van der Waals surface area (Å²) in [6.45, 7) is 1.72. The van der Waals surface area contributed by atoms with Crippen LogP contribution < -0.4 is 16.4 Å². The van der Waals surface area contributed by atoms with Crippen molar-refractivity contribution >= 4 is 40.6 Å². The second kappa shape index (κ2) is 7.88. The van der Waals surface area contributed by atoms with E-state index in [9.17, 15) is 9.59 Å². The number of carbonyl (C=O) groups excluding carboxylic acids is 2. The highest BCUT2D eigenvalue weighted by Gasteiger charge is 2.19. The first-order chi connectivity index (χ1) is 12.9. The number of amides is 2. The van der Waals surface area contributed by atoms with Gasteiger partial charge in [0, 0.05) is 16.4 Å². The fourth-order valence-corrected chi connectivity index (χ4v) is 2.49. The van der Waals surface area contributed by atoms with Gasteiger partial charge in [-0.2, -0.15) is 0 Å². The summed E-state index contributed by atoms with van der Waals surface area (Å²) in [7, 11) is 0. The zero-order valence-electron chi connectivity index (χ0n) is 14.4. The average Bonchev–Trinajstić information content (AvgIpc) is 2.99. The molecule has 0 unspecified atom stereocenters. The Labute approximate surface area is 160 Å². The van der Waals surface area contributed by atoms with Gasteiger partial charge < -0.3 is 16.4 Å². The molecule has 2 aromatic carbocycles. The lowest BCUT2D eigenvalue weighted by Gasteiger charge is -2.08. The van der Waals surface area contributed by atoms with E-state index < -0.39 is 5.91 Å². The van der Waals surface area contributed by atoms with Crippen molar-refractivity contribution in [3.05, 3.63) is 64.8 Å². The number of nitrogens with two attached hydrogens (primary N) is 1. The summed E-state index contributed by atoms with van der Waals surface area (Å²) in [6.07, 6.45) is 0. The molecule has 8 nitrogen and oxygen atoms in total. The topological polar surface area (TPSA) is 115 Å². The number of hydrogen-bond acceptors (Lipinski definition) is 5. The van der Waals surface area contributed by atoms with Crippen molar-refractivity contribution < 1.29 is 9.59 Å². The summed E-state index contributed by atoms with van der Waals surface area (Å²) in [5.41, 5.74) is 8.03. The van der Waals surface area contributed by atoms with Gasteiger partial charge in [0.2, 0.25) is 5.91 Å². The summed E-state index contributed by atoms with van der Waals surface area (Å²) in [5, 5.41) is 13.5. The molecule has 0 aliphatic heterocycles. The Kier molecular flexibility index (Phi) is 5.37. The minimum absolute atomic E-state index is 0.00129. The van der Waals surface area contributed by atoms with Crippen molar-refractivity contribution in [3.63, 3.8) is 0 Å². The quantitative estimate of drug-likeness (QED) is 0.625. The van der Waals surface area contributed by atoms with Crippen molar-refractivity contribution in [1.82, 2.24) is 15.0 Å². The number of benzene rings is 2. The van der Waals surface area contributed by atoms with Crippen LogP contribution in [0.15, 0.2) is 48.5 Å². The number of carbonyl (C=O) groups is 2. The van der Waals surface area contributed by atoms with Crippen LogP contribution in [0.2, 0.25) is 5.02 Å². The summed E-state index contributed by atoms with van der Waals surface area (Å²) in [6, 6.07) is 14.0. The third kappa shape index (κ3) is 4.42. The lowest BCUT2D eigenvalue weighted by Crippen LogP contribution is -2.21. The highest BCUT2D eigenvalue weighted by Crippen LogP contribution is 2.16. The number of nitrogens with zero attached hydrogens (tertiary/aromatic N) is 3. The van der Waals surface area contributed by atoms with Gasteiger partial charge in [-0.25, -0.2) is 4.68 Å². The monoisotopic (exact) mass is 384 g/mol. The fourth-order valence-electron chi connectivity index (χ4n) is 2.36. The number of halogens is 1. The highest BCUT2D eigenvalue weighted by molar-refractivity contribution is 6.30. The van der Waals surface area contributed by atoms with E-state index >= 15 is 0 Å². The van der Waals surface area contributed by atoms with Crippen LogP contribution in [0.4, 0.5) is 17.2 Å². The van der Waals surface area contributed by atoms with E-state index in [4.69, 9.17) is 17.3 Å². The summed E-state index contributed by atoms with van der Waals surface area (Å²) in [5.74, 6) is -0.854. The fraction of sp³-hybridized carbons (Fsp3) is 0.111. The molecule has 1 aromatic heterocycles. The van der Waals surface area contributed by atoms with Gasteiger partial charge >= 0.3 is 0 Å². The number of aromatic nitrogens is 3. The first kappa shape index (κ1) is 18.4. The molecule has 4 N–H and O–H groups in total. The summed E-state index contributed by atoms with van der Waals surface area (Å²) >= 11 is 5.81. The molecular formula is C18H17ClN6O2. The van der Waals surface area contributed by atoms with Crippen molar-refractivity contribution in [2.24, 2.45) is 0 Å². The molecule has 0 aliphatic carbocycles. The maximum Gasteiger partial charge on any atom is 0.280 e. The van der Waals surface area contributed by atoms with Gasteiger partial charge in [0.05, 0.1) is 0 Å². The Balaban J connectivity index is 1.67. The van der Waals surface area contributed by atoms with Gasteiger partial charge in [0.25, 0.3) is 5.91 Å². The predicted molar refractivity (Wildman–Crippen MR) is 104 cm³/mol. The van der Waals surface area contributed by atoms with Crippen LogP contribution in [0.3, 0.4) is 0 Å². The highest BCUT2D eigenvalue weighted by atomic mass is 35.5. The van der Waals surface area contributed by atoms with E-state index in [0.717, 1.165) is 5.56 Å². The van der Waals surface area contributed by atoms with Crippen LogP contribution in [0, 0.1) is 6.92 Å². The van der Waals surface area contributed by atoms with Gasteiger partial charge in [0.1, 0.15) is 6.54 Å². The van der Waals surface area contributed by atoms with E-state index in [0.29, 0.717) is 16.4 Å². The maximum atomic E-state index is 12.3. The van der Waals surface area contributed by atoms with Gasteiger partial charge in [-0.3, -0.25) is 9.59 Å². The molecule has 0 atom stereocenters. The predicted octanol–water partition coefficient (Wildman–Crippen LogP) is 2.71. The van der Waals surface area contributed by atoms with Crippen LogP contribution in [0.25, 0.3) is 0 Å². The summed E-state index contributed by atoms with van der Waals surface area (Å²) in [4.78, 5) is 24.5. The van der Waals surface area contributed by atoms with E-state index in [1.54, 1.807) is 30.3 Å². The lowest BCUT2D eigenvalue weighted by molar-refractivity contribution is -0.116. The SMILES string of the molecule is Cc1ccccc1NC(=O)Cn1nnc(C(=O)Nc2ccc(Cl)cc2)c1N. The molecule has 3 rings (SSSR count). The molecule has 0 bridgehead atoms. The first-order valence-electron chi connectivity index (χ1n) is 8.05. The second-order valence-electron chi connectivity index (χ2n) is 5.81. The molecule has 138 valence electrons. The molecule has 2 amide bonds. The van der Waals surface area contributed by atoms with E-state index in [-0.39, 0.29) is 24.0 Å². The van der Waals surface area contributed by atoms with E-state index in [2.05, 4.69) is 20.9 Å². The van der Waals surface area contributed by atoms with Gasteiger partial charge in [0.15, 0.2) is 11.5 Å². The van der Waals surface area contributed by atoms with Crippen LogP contribution in [0.1, 0.15) is 16.1 Å². The largest absolute Gasteiger partial charge is 0.382 e. The average molecular weight is 385 g/mol. The van der Waals surface area contributed by atoms with Crippen molar-refractivity contribution in [2.45, 2.75) is 13.5 Å². The standard InChI is InChI=1S/C18H17ClN6O2/c1-11-4-2-3-5-14(11)22-15(26)10-25-17(20)16(23-24-25)18(27)21-13-8-6-12(19)7-9-13/h2-9H,10,20H2,1H3,(H,21,27)(H,22,26). The first-order valence-corrected chi connectivity index (χ1v) is 8.43. The van der Waals surface area contributed by atoms with Crippen LogP contribution in [-0.2, 0) is 11.3 Å². The minimum atomic E-state index is -0.527. The number of nitrogens with one attached hydrogen (secondary N) is 2. The van der Waals surface area contributed by atoms with Crippen LogP contribution in [0.5, 0.6) is 0 Å². The molecule has 27 heavy (non-hydrogen) atoms. The lowest BCUT2D eigenvalue weighted by atomic mass is 10.2. The number of nitrogen functional groups attached to an aromatic ring is 1. The van der Waals surface area contributed by atoms with E-state index in [1.165, 1.54) is 4.68 Å². The Morgan fingerprint density at radius 3 is 2.52 bits per heavy atom. The Morgan fingerprint density at radius 1 is 1.11 bits per heavy atom. The summed E-state index contributed by atoms with van der Waals surface area (Å²) < 4.78 is 1.17.